The Bertz CT molecular complexity index is 1480. The number of anilines is 1. The summed E-state index contributed by atoms with van der Waals surface area (Å²) < 4.78 is 18.5. The molecule has 11 nitrogen and oxygen atoms in total. The van der Waals surface area contributed by atoms with Gasteiger partial charge in [0, 0.05) is 43.7 Å². The van der Waals surface area contributed by atoms with Crippen LogP contribution in [0.5, 0.6) is 5.88 Å². The van der Waals surface area contributed by atoms with E-state index in [1.54, 1.807) is 0 Å². The van der Waals surface area contributed by atoms with Gasteiger partial charge in [0.15, 0.2) is 0 Å². The van der Waals surface area contributed by atoms with Crippen molar-refractivity contribution in [3.63, 3.8) is 0 Å². The van der Waals surface area contributed by atoms with E-state index in [4.69, 9.17) is 24.0 Å². The van der Waals surface area contributed by atoms with Gasteiger partial charge >= 0.3 is 6.09 Å². The number of ether oxygens (including phenoxy) is 2. The highest BCUT2D eigenvalue weighted by Gasteiger charge is 2.51. The fraction of sp³-hybridized carbons (Fsp3) is 0.743. The maximum Gasteiger partial charge on any atom is 0.410 e. The minimum absolute atomic E-state index is 0.0585. The Morgan fingerprint density at radius 3 is 2.52 bits per heavy atom. The molecule has 2 saturated carbocycles. The second kappa shape index (κ2) is 11.8. The Morgan fingerprint density at radius 2 is 1.83 bits per heavy atom. The highest BCUT2D eigenvalue weighted by molar-refractivity contribution is 5.91. The van der Waals surface area contributed by atoms with Crippen LogP contribution in [0.4, 0.5) is 10.6 Å². The van der Waals surface area contributed by atoms with Gasteiger partial charge in [-0.3, -0.25) is 14.6 Å². The molecule has 0 unspecified atom stereocenters. The average Bonchev–Trinajstić information content (AvgIpc) is 3.63. The van der Waals surface area contributed by atoms with Gasteiger partial charge < -0.3 is 18.9 Å². The third-order valence-electron chi connectivity index (χ3n) is 11.3. The SMILES string of the molecule is C[C@H](Oc1cc(N2CCN(C(=O)OC(C)(C)C)C3(CCC3)C2)nc(-c2onc3c2CCC[C@@]32CCCCC2=O)n1)[C@@H]1CCCN1C. The number of nitrogens with zero attached hydrogens (tertiary/aromatic N) is 6. The van der Waals surface area contributed by atoms with E-state index in [1.165, 1.54) is 0 Å². The summed E-state index contributed by atoms with van der Waals surface area (Å²) in [5.74, 6) is 2.56. The lowest BCUT2D eigenvalue weighted by molar-refractivity contribution is -0.127. The van der Waals surface area contributed by atoms with Crippen molar-refractivity contribution in [3.05, 3.63) is 17.3 Å². The average molecular weight is 635 g/mol. The second-order valence-electron chi connectivity index (χ2n) is 15.4. The van der Waals surface area contributed by atoms with Crippen molar-refractivity contribution in [2.75, 3.05) is 38.1 Å². The van der Waals surface area contributed by atoms with Gasteiger partial charge in [-0.05, 0) is 105 Å². The Balaban J connectivity index is 1.23. The molecule has 3 aliphatic carbocycles. The van der Waals surface area contributed by atoms with Crippen molar-refractivity contribution >= 4 is 17.7 Å². The standard InChI is InChI=1S/C35H50N6O5/c1-23(25-12-9-18-39(25)5)44-28-21-27(40-19-20-41(32(43)45-33(2,3)4)34(22-40)14-10-15-34)36-31(37-28)29-24-11-8-17-35(30(24)38-46-29)16-7-6-13-26(35)42/h21,23,25H,6-20,22H2,1-5H3/t23-,25-,35+/m0/s1. The summed E-state index contributed by atoms with van der Waals surface area (Å²) in [4.78, 5) is 43.2. The van der Waals surface area contributed by atoms with Crippen LogP contribution in [-0.4, -0.2) is 93.3 Å². The highest BCUT2D eigenvalue weighted by atomic mass is 16.6. The first-order valence-electron chi connectivity index (χ1n) is 17.5. The normalized spacial score (nSPS) is 27.1. The number of rotatable bonds is 5. The Kier molecular flexibility index (Phi) is 8.05. The summed E-state index contributed by atoms with van der Waals surface area (Å²) in [6.45, 7) is 10.7. The van der Waals surface area contributed by atoms with E-state index in [2.05, 4.69) is 28.9 Å². The number of carbonyl (C=O) groups is 2. The van der Waals surface area contributed by atoms with E-state index in [9.17, 15) is 9.59 Å². The quantitative estimate of drug-likeness (QED) is 0.406. The molecule has 0 aromatic carbocycles. The molecule has 0 bridgehead atoms. The van der Waals surface area contributed by atoms with Crippen molar-refractivity contribution in [2.45, 2.75) is 133 Å². The minimum atomic E-state index is -0.548. The number of hydrogen-bond donors (Lipinski definition) is 0. The first-order valence-corrected chi connectivity index (χ1v) is 17.5. The van der Waals surface area contributed by atoms with Gasteiger partial charge in [0.25, 0.3) is 0 Å². The molecule has 7 rings (SSSR count). The van der Waals surface area contributed by atoms with Crippen LogP contribution in [0.15, 0.2) is 10.6 Å². The minimum Gasteiger partial charge on any atom is -0.473 e. The van der Waals surface area contributed by atoms with Crippen LogP contribution in [0.3, 0.4) is 0 Å². The van der Waals surface area contributed by atoms with Crippen LogP contribution in [0.25, 0.3) is 11.6 Å². The maximum absolute atomic E-state index is 13.3. The van der Waals surface area contributed by atoms with Gasteiger partial charge in [0.1, 0.15) is 29.0 Å². The lowest BCUT2D eigenvalue weighted by Gasteiger charge is -2.55. The molecular weight excluding hydrogens is 584 g/mol. The summed E-state index contributed by atoms with van der Waals surface area (Å²) in [6.07, 6.45) is 10.8. The van der Waals surface area contributed by atoms with E-state index >= 15 is 0 Å². The lowest BCUT2D eigenvalue weighted by Crippen LogP contribution is -2.67. The lowest BCUT2D eigenvalue weighted by atomic mass is 9.64. The van der Waals surface area contributed by atoms with Gasteiger partial charge in [0.05, 0.1) is 11.0 Å². The summed E-state index contributed by atoms with van der Waals surface area (Å²) in [5.41, 5.74) is 0.397. The second-order valence-corrected chi connectivity index (χ2v) is 15.4. The van der Waals surface area contributed by atoms with Gasteiger partial charge in [-0.2, -0.15) is 4.98 Å². The molecule has 250 valence electrons. The largest absolute Gasteiger partial charge is 0.473 e. The molecule has 2 aromatic rings. The molecule has 46 heavy (non-hydrogen) atoms. The first-order chi connectivity index (χ1) is 22.0. The predicted octanol–water partition coefficient (Wildman–Crippen LogP) is 5.69. The number of fused-ring (bicyclic) bond motifs is 2. The molecule has 11 heteroatoms. The third-order valence-corrected chi connectivity index (χ3v) is 11.3. The molecule has 3 atom stereocenters. The molecule has 2 aliphatic heterocycles. The fourth-order valence-corrected chi connectivity index (χ4v) is 8.71. The molecule has 4 fully saturated rings. The van der Waals surface area contributed by atoms with Crippen molar-refractivity contribution < 1.29 is 23.6 Å². The number of amides is 1. The Labute approximate surface area is 272 Å². The van der Waals surface area contributed by atoms with Crippen LogP contribution >= 0.6 is 0 Å². The Hall–Kier alpha value is -3.21. The number of ketones is 1. The molecule has 2 aromatic heterocycles. The zero-order chi connectivity index (χ0) is 32.3. The zero-order valence-corrected chi connectivity index (χ0v) is 28.3. The smallest absolute Gasteiger partial charge is 0.410 e. The number of Topliss-reactive ketones (excluding diaryl/α,β-unsaturated/α-hetero) is 1. The van der Waals surface area contributed by atoms with E-state index < -0.39 is 11.0 Å². The van der Waals surface area contributed by atoms with Crippen LogP contribution < -0.4 is 9.64 Å². The van der Waals surface area contributed by atoms with Crippen molar-refractivity contribution in [2.24, 2.45) is 0 Å². The van der Waals surface area contributed by atoms with Crippen molar-refractivity contribution in [3.8, 4) is 17.5 Å². The zero-order valence-electron chi connectivity index (χ0n) is 28.3. The van der Waals surface area contributed by atoms with Crippen LogP contribution in [0.1, 0.15) is 110 Å². The topological polar surface area (TPSA) is 114 Å². The number of aromatic nitrogens is 3. The molecule has 0 radical (unpaired) electrons. The highest BCUT2D eigenvalue weighted by Crippen LogP contribution is 2.48. The molecule has 2 saturated heterocycles. The fourth-order valence-electron chi connectivity index (χ4n) is 8.71. The first kappa shape index (κ1) is 31.4. The molecule has 5 aliphatic rings. The number of carbonyl (C=O) groups excluding carboxylic acids is 2. The number of likely N-dealkylation sites (tertiary alicyclic amines) is 1. The van der Waals surface area contributed by atoms with Gasteiger partial charge in [0.2, 0.25) is 17.5 Å². The van der Waals surface area contributed by atoms with E-state index in [0.717, 1.165) is 94.2 Å². The van der Waals surface area contributed by atoms with Crippen LogP contribution in [0, 0.1) is 0 Å². The van der Waals surface area contributed by atoms with Gasteiger partial charge in [-0.1, -0.05) is 11.6 Å². The van der Waals surface area contributed by atoms with Crippen molar-refractivity contribution in [1.82, 2.24) is 24.9 Å². The Morgan fingerprint density at radius 1 is 1.02 bits per heavy atom. The van der Waals surface area contributed by atoms with E-state index in [1.807, 2.05) is 31.7 Å². The predicted molar refractivity (Wildman–Crippen MR) is 173 cm³/mol. The summed E-state index contributed by atoms with van der Waals surface area (Å²) in [7, 11) is 2.15. The molecular formula is C35H50N6O5. The molecule has 4 heterocycles. The van der Waals surface area contributed by atoms with Gasteiger partial charge in [-0.25, -0.2) is 9.78 Å². The number of piperazine rings is 1. The van der Waals surface area contributed by atoms with E-state index in [-0.39, 0.29) is 17.7 Å². The van der Waals surface area contributed by atoms with Crippen molar-refractivity contribution in [1.29, 1.82) is 0 Å². The van der Waals surface area contributed by atoms with Gasteiger partial charge in [-0.15, -0.1) is 0 Å². The maximum atomic E-state index is 13.3. The van der Waals surface area contributed by atoms with Crippen LogP contribution in [0.2, 0.25) is 0 Å². The monoisotopic (exact) mass is 634 g/mol. The number of likely N-dealkylation sites (N-methyl/N-ethyl adjacent to an activating group) is 1. The molecule has 2 spiro atoms. The summed E-state index contributed by atoms with van der Waals surface area (Å²) in [6, 6.07) is 2.26. The number of hydrogen-bond acceptors (Lipinski definition) is 10. The third kappa shape index (κ3) is 5.56. The summed E-state index contributed by atoms with van der Waals surface area (Å²) >= 11 is 0. The summed E-state index contributed by atoms with van der Waals surface area (Å²) in [5, 5.41) is 4.58. The molecule has 0 N–H and O–H groups in total. The molecule has 1 amide bonds. The van der Waals surface area contributed by atoms with Crippen LogP contribution in [-0.2, 0) is 21.4 Å². The van der Waals surface area contributed by atoms with E-state index in [0.29, 0.717) is 55.3 Å².